The first-order chi connectivity index (χ1) is 11.6. The number of halogens is 3. The van der Waals surface area contributed by atoms with E-state index in [9.17, 15) is 31.2 Å². The van der Waals surface area contributed by atoms with Gasteiger partial charge in [0.25, 0.3) is 0 Å². The normalized spacial score (nSPS) is 22.5. The summed E-state index contributed by atoms with van der Waals surface area (Å²) >= 11 is 0. The Labute approximate surface area is 141 Å². The number of sulfonamides is 1. The number of rotatable bonds is 2. The highest BCUT2D eigenvalue weighted by atomic mass is 32.2. The maximum Gasteiger partial charge on any atom is 0.416 e. The summed E-state index contributed by atoms with van der Waals surface area (Å²) in [5.41, 5.74) is -0.950. The number of amides is 2. The van der Waals surface area contributed by atoms with Crippen molar-refractivity contribution in [3.8, 4) is 0 Å². The summed E-state index contributed by atoms with van der Waals surface area (Å²) in [5, 5.41) is 2.39. The molecule has 2 heterocycles. The molecule has 1 aromatic rings. The number of hydrogen-bond donors (Lipinski definition) is 1. The summed E-state index contributed by atoms with van der Waals surface area (Å²) in [7, 11) is -4.07. The van der Waals surface area contributed by atoms with E-state index in [1.54, 1.807) is 0 Å². The number of benzene rings is 1. The Kier molecular flexibility index (Phi) is 4.23. The molecular weight excluding hydrogens is 363 g/mol. The van der Waals surface area contributed by atoms with Gasteiger partial charge >= 0.3 is 6.18 Å². The topological polar surface area (TPSA) is 86.8 Å². The molecule has 2 aliphatic rings. The van der Waals surface area contributed by atoms with E-state index in [1.165, 1.54) is 4.90 Å². The molecule has 1 N–H and O–H groups in total. The van der Waals surface area contributed by atoms with Gasteiger partial charge in [-0.05, 0) is 24.3 Å². The lowest BCUT2D eigenvalue weighted by atomic mass is 10.1. The monoisotopic (exact) mass is 377 g/mol. The smallest absolute Gasteiger partial charge is 0.345 e. The van der Waals surface area contributed by atoms with Crippen LogP contribution >= 0.6 is 0 Å². The van der Waals surface area contributed by atoms with Gasteiger partial charge < -0.3 is 10.2 Å². The first kappa shape index (κ1) is 17.7. The van der Waals surface area contributed by atoms with Crippen molar-refractivity contribution in [1.29, 1.82) is 0 Å². The minimum absolute atomic E-state index is 0.0289. The molecule has 7 nitrogen and oxygen atoms in total. The second kappa shape index (κ2) is 5.99. The molecule has 0 spiro atoms. The molecule has 0 saturated carbocycles. The predicted octanol–water partition coefficient (Wildman–Crippen LogP) is 0.0367. The third kappa shape index (κ3) is 3.21. The van der Waals surface area contributed by atoms with Crippen molar-refractivity contribution in [2.75, 3.05) is 26.2 Å². The van der Waals surface area contributed by atoms with Gasteiger partial charge in [0.05, 0.1) is 17.0 Å². The van der Waals surface area contributed by atoms with Crippen LogP contribution in [-0.2, 0) is 25.8 Å². The molecule has 136 valence electrons. The van der Waals surface area contributed by atoms with Crippen LogP contribution in [0.1, 0.15) is 5.56 Å². The van der Waals surface area contributed by atoms with Crippen molar-refractivity contribution in [2.45, 2.75) is 17.1 Å². The van der Waals surface area contributed by atoms with Gasteiger partial charge in [0, 0.05) is 19.6 Å². The minimum Gasteiger partial charge on any atom is -0.345 e. The Hall–Kier alpha value is -2.14. The number of carbonyl (C=O) groups is 2. The van der Waals surface area contributed by atoms with Crippen LogP contribution in [-0.4, -0.2) is 61.7 Å². The molecule has 11 heteroatoms. The van der Waals surface area contributed by atoms with Gasteiger partial charge in [-0.15, -0.1) is 0 Å². The van der Waals surface area contributed by atoms with Crippen LogP contribution in [0.15, 0.2) is 29.2 Å². The lowest BCUT2D eigenvalue weighted by Gasteiger charge is -2.42. The van der Waals surface area contributed by atoms with Gasteiger partial charge in [-0.3, -0.25) is 9.59 Å². The number of nitrogens with one attached hydrogen (secondary N) is 1. The van der Waals surface area contributed by atoms with Crippen molar-refractivity contribution in [3.63, 3.8) is 0 Å². The Balaban J connectivity index is 1.83. The molecule has 1 aromatic carbocycles. The number of piperazine rings is 2. The van der Waals surface area contributed by atoms with E-state index in [1.807, 2.05) is 0 Å². The van der Waals surface area contributed by atoms with Gasteiger partial charge in [-0.25, -0.2) is 8.42 Å². The molecule has 0 radical (unpaired) electrons. The number of carbonyl (C=O) groups excluding carboxylic acids is 2. The fraction of sp³-hybridized carbons (Fsp3) is 0.429. The summed E-state index contributed by atoms with van der Waals surface area (Å²) in [6.45, 7) is -0.336. The first-order valence-corrected chi connectivity index (χ1v) is 8.79. The van der Waals surface area contributed by atoms with Crippen LogP contribution in [0, 0.1) is 0 Å². The van der Waals surface area contributed by atoms with Gasteiger partial charge in [-0.1, -0.05) is 0 Å². The van der Waals surface area contributed by atoms with Crippen molar-refractivity contribution in [2.24, 2.45) is 0 Å². The van der Waals surface area contributed by atoms with Crippen molar-refractivity contribution in [3.05, 3.63) is 29.8 Å². The van der Waals surface area contributed by atoms with E-state index in [0.717, 1.165) is 16.4 Å². The van der Waals surface area contributed by atoms with Gasteiger partial charge in [0.15, 0.2) is 0 Å². The highest BCUT2D eigenvalue weighted by Crippen LogP contribution is 2.30. The van der Waals surface area contributed by atoms with Crippen LogP contribution in [0.4, 0.5) is 13.2 Å². The summed E-state index contributed by atoms with van der Waals surface area (Å²) in [6, 6.07) is 2.23. The van der Waals surface area contributed by atoms with Crippen LogP contribution in [0.5, 0.6) is 0 Å². The fourth-order valence-electron chi connectivity index (χ4n) is 2.85. The van der Waals surface area contributed by atoms with Crippen molar-refractivity contribution < 1.29 is 31.2 Å². The largest absolute Gasteiger partial charge is 0.416 e. The molecule has 2 aliphatic heterocycles. The Morgan fingerprint density at radius 3 is 2.32 bits per heavy atom. The van der Waals surface area contributed by atoms with Gasteiger partial charge in [-0.2, -0.15) is 17.5 Å². The zero-order valence-corrected chi connectivity index (χ0v) is 13.6. The highest BCUT2D eigenvalue weighted by Gasteiger charge is 2.42. The van der Waals surface area contributed by atoms with Crippen molar-refractivity contribution in [1.82, 2.24) is 14.5 Å². The summed E-state index contributed by atoms with van der Waals surface area (Å²) in [5.74, 6) is -0.747. The number of hydrogen-bond acceptors (Lipinski definition) is 4. The third-order valence-electron chi connectivity index (χ3n) is 4.20. The highest BCUT2D eigenvalue weighted by molar-refractivity contribution is 7.89. The molecule has 2 fully saturated rings. The molecule has 2 saturated heterocycles. The zero-order chi connectivity index (χ0) is 18.4. The number of alkyl halides is 3. The Morgan fingerprint density at radius 2 is 1.72 bits per heavy atom. The average Bonchev–Trinajstić information content (AvgIpc) is 2.57. The minimum atomic E-state index is -4.56. The predicted molar refractivity (Wildman–Crippen MR) is 78.7 cm³/mol. The first-order valence-electron chi connectivity index (χ1n) is 7.35. The average molecular weight is 377 g/mol. The standard InChI is InChI=1S/C14H14F3N3O4S/c15-14(16,17)9-1-3-10(4-2-9)25(23,24)19-5-6-20-11(8-19)13(22)18-7-12(20)21/h1-4,11H,5-8H2,(H,18,22). The third-order valence-corrected chi connectivity index (χ3v) is 6.08. The second-order valence-corrected chi connectivity index (χ2v) is 7.64. The maximum atomic E-state index is 12.6. The SMILES string of the molecule is O=C1NCC(=O)N2CCN(S(=O)(=O)c3ccc(C(F)(F)F)cc3)CC12. The molecule has 0 aliphatic carbocycles. The molecule has 25 heavy (non-hydrogen) atoms. The van der Waals surface area contributed by atoms with Crippen LogP contribution < -0.4 is 5.32 Å². The molecular formula is C14H14F3N3O4S. The van der Waals surface area contributed by atoms with E-state index in [0.29, 0.717) is 12.1 Å². The molecule has 2 amide bonds. The summed E-state index contributed by atoms with van der Waals surface area (Å²) < 4.78 is 64.0. The lowest BCUT2D eigenvalue weighted by molar-refractivity contribution is -0.147. The molecule has 1 unspecified atom stereocenters. The van der Waals surface area contributed by atoms with Gasteiger partial charge in [0.1, 0.15) is 6.04 Å². The zero-order valence-electron chi connectivity index (χ0n) is 12.8. The van der Waals surface area contributed by atoms with Crippen LogP contribution in [0.3, 0.4) is 0 Å². The van der Waals surface area contributed by atoms with Crippen molar-refractivity contribution >= 4 is 21.8 Å². The summed E-state index contributed by atoms with van der Waals surface area (Å²) in [4.78, 5) is 24.7. The summed E-state index contributed by atoms with van der Waals surface area (Å²) in [6.07, 6.45) is -4.56. The van der Waals surface area contributed by atoms with E-state index in [2.05, 4.69) is 5.32 Å². The fourth-order valence-corrected chi connectivity index (χ4v) is 4.28. The second-order valence-electron chi connectivity index (χ2n) is 5.71. The Bertz CT molecular complexity index is 808. The number of nitrogens with zero attached hydrogens (tertiary/aromatic N) is 2. The van der Waals surface area contributed by atoms with Gasteiger partial charge in [0.2, 0.25) is 21.8 Å². The van der Waals surface area contributed by atoms with Crippen LogP contribution in [0.2, 0.25) is 0 Å². The van der Waals surface area contributed by atoms with E-state index in [-0.39, 0.29) is 37.0 Å². The van der Waals surface area contributed by atoms with E-state index < -0.39 is 33.7 Å². The molecule has 1 atom stereocenters. The molecule has 0 bridgehead atoms. The molecule has 0 aromatic heterocycles. The van der Waals surface area contributed by atoms with Crippen LogP contribution in [0.25, 0.3) is 0 Å². The Morgan fingerprint density at radius 1 is 1.08 bits per heavy atom. The van der Waals surface area contributed by atoms with E-state index >= 15 is 0 Å². The quantitative estimate of drug-likeness (QED) is 0.788. The maximum absolute atomic E-state index is 12.6. The van der Waals surface area contributed by atoms with E-state index in [4.69, 9.17) is 0 Å². The number of fused-ring (bicyclic) bond motifs is 1. The molecule has 3 rings (SSSR count). The lowest BCUT2D eigenvalue weighted by Crippen LogP contribution is -2.66.